The third-order valence-electron chi connectivity index (χ3n) is 2.84. The molecule has 0 unspecified atom stereocenters. The summed E-state index contributed by atoms with van der Waals surface area (Å²) in [5, 5.41) is 4.04. The molecule has 0 saturated heterocycles. The second-order valence-electron chi connectivity index (χ2n) is 5.02. The van der Waals surface area contributed by atoms with Gasteiger partial charge in [-0.05, 0) is 31.2 Å². The number of pyridine rings is 1. The first-order chi connectivity index (χ1) is 9.54. The molecule has 20 heavy (non-hydrogen) atoms. The van der Waals surface area contributed by atoms with E-state index in [0.717, 1.165) is 23.6 Å². The summed E-state index contributed by atoms with van der Waals surface area (Å²) in [4.78, 5) is 4.23. The SMILES string of the molecule is Cc1ccc(Oc2cc(Cl)ccc2CNC(C)C)cn1. The molecule has 4 heteroatoms. The van der Waals surface area contributed by atoms with E-state index in [1.165, 1.54) is 0 Å². The number of nitrogens with one attached hydrogen (secondary N) is 1. The van der Waals surface area contributed by atoms with Gasteiger partial charge in [0.05, 0.1) is 6.20 Å². The van der Waals surface area contributed by atoms with Gasteiger partial charge >= 0.3 is 0 Å². The Kier molecular flexibility index (Phi) is 4.99. The smallest absolute Gasteiger partial charge is 0.145 e. The zero-order chi connectivity index (χ0) is 14.5. The van der Waals surface area contributed by atoms with Crippen LogP contribution in [0.25, 0.3) is 0 Å². The fourth-order valence-corrected chi connectivity index (χ4v) is 1.89. The molecule has 1 aromatic heterocycles. The van der Waals surface area contributed by atoms with E-state index in [9.17, 15) is 0 Å². The van der Waals surface area contributed by atoms with E-state index in [1.807, 2.05) is 37.3 Å². The summed E-state index contributed by atoms with van der Waals surface area (Å²) >= 11 is 6.05. The van der Waals surface area contributed by atoms with E-state index in [-0.39, 0.29) is 0 Å². The van der Waals surface area contributed by atoms with Gasteiger partial charge in [0.2, 0.25) is 0 Å². The maximum absolute atomic E-state index is 6.05. The molecule has 2 aromatic rings. The lowest BCUT2D eigenvalue weighted by molar-refractivity contribution is 0.467. The highest BCUT2D eigenvalue weighted by atomic mass is 35.5. The lowest BCUT2D eigenvalue weighted by Crippen LogP contribution is -2.22. The van der Waals surface area contributed by atoms with E-state index >= 15 is 0 Å². The zero-order valence-corrected chi connectivity index (χ0v) is 12.7. The van der Waals surface area contributed by atoms with Gasteiger partial charge in [-0.25, -0.2) is 0 Å². The molecule has 0 radical (unpaired) electrons. The number of halogens is 1. The van der Waals surface area contributed by atoms with Crippen LogP contribution in [0.2, 0.25) is 5.02 Å². The molecule has 2 rings (SSSR count). The summed E-state index contributed by atoms with van der Waals surface area (Å²) < 4.78 is 5.89. The first-order valence-electron chi connectivity index (χ1n) is 6.67. The Labute approximate surface area is 124 Å². The number of ether oxygens (including phenoxy) is 1. The van der Waals surface area contributed by atoms with E-state index in [0.29, 0.717) is 16.8 Å². The molecule has 0 bridgehead atoms. The molecule has 1 heterocycles. The lowest BCUT2D eigenvalue weighted by atomic mass is 10.2. The minimum Gasteiger partial charge on any atom is -0.455 e. The van der Waals surface area contributed by atoms with Gasteiger partial charge in [0.25, 0.3) is 0 Å². The van der Waals surface area contributed by atoms with E-state index < -0.39 is 0 Å². The molecule has 0 aliphatic heterocycles. The third-order valence-corrected chi connectivity index (χ3v) is 3.08. The minimum atomic E-state index is 0.416. The monoisotopic (exact) mass is 290 g/mol. The number of benzene rings is 1. The van der Waals surface area contributed by atoms with Crippen LogP contribution in [0.5, 0.6) is 11.5 Å². The summed E-state index contributed by atoms with van der Waals surface area (Å²) in [6, 6.07) is 9.93. The van der Waals surface area contributed by atoms with Crippen molar-refractivity contribution in [2.24, 2.45) is 0 Å². The Morgan fingerprint density at radius 2 is 2.05 bits per heavy atom. The molecule has 0 spiro atoms. The second-order valence-corrected chi connectivity index (χ2v) is 5.46. The van der Waals surface area contributed by atoms with Gasteiger partial charge in [0.15, 0.2) is 0 Å². The van der Waals surface area contributed by atoms with Gasteiger partial charge in [-0.3, -0.25) is 4.98 Å². The maximum Gasteiger partial charge on any atom is 0.145 e. The van der Waals surface area contributed by atoms with Crippen molar-refractivity contribution < 1.29 is 4.74 Å². The fourth-order valence-electron chi connectivity index (χ4n) is 1.73. The standard InChI is InChI=1S/C16H19ClN2O/c1-11(2)18-9-13-5-6-14(17)8-16(13)20-15-7-4-12(3)19-10-15/h4-8,10-11,18H,9H2,1-3H3. The number of aryl methyl sites for hydroxylation is 1. The van der Waals surface area contributed by atoms with Crippen LogP contribution in [-0.2, 0) is 6.54 Å². The largest absolute Gasteiger partial charge is 0.455 e. The molecule has 1 N–H and O–H groups in total. The van der Waals surface area contributed by atoms with Crippen LogP contribution < -0.4 is 10.1 Å². The Balaban J connectivity index is 2.20. The van der Waals surface area contributed by atoms with E-state index in [2.05, 4.69) is 24.1 Å². The summed E-state index contributed by atoms with van der Waals surface area (Å²) in [5.41, 5.74) is 2.04. The zero-order valence-electron chi connectivity index (χ0n) is 12.0. The average Bonchev–Trinajstić information content (AvgIpc) is 2.40. The van der Waals surface area contributed by atoms with Crippen LogP contribution in [-0.4, -0.2) is 11.0 Å². The molecule has 106 valence electrons. The topological polar surface area (TPSA) is 34.1 Å². The number of hydrogen-bond acceptors (Lipinski definition) is 3. The van der Waals surface area contributed by atoms with Crippen LogP contribution in [0.15, 0.2) is 36.5 Å². The highest BCUT2D eigenvalue weighted by molar-refractivity contribution is 6.30. The van der Waals surface area contributed by atoms with Gasteiger partial charge < -0.3 is 10.1 Å². The van der Waals surface area contributed by atoms with Crippen molar-refractivity contribution >= 4 is 11.6 Å². The van der Waals surface area contributed by atoms with Gasteiger partial charge in [-0.2, -0.15) is 0 Å². The van der Waals surface area contributed by atoms with Crippen molar-refractivity contribution in [1.29, 1.82) is 0 Å². The molecule has 0 aliphatic carbocycles. The molecule has 0 saturated carbocycles. The van der Waals surface area contributed by atoms with Crippen molar-refractivity contribution in [3.63, 3.8) is 0 Å². The van der Waals surface area contributed by atoms with Crippen molar-refractivity contribution in [3.8, 4) is 11.5 Å². The molecular weight excluding hydrogens is 272 g/mol. The van der Waals surface area contributed by atoms with E-state index in [1.54, 1.807) is 6.20 Å². The second kappa shape index (κ2) is 6.73. The number of aromatic nitrogens is 1. The fraction of sp³-hybridized carbons (Fsp3) is 0.312. The molecule has 0 amide bonds. The van der Waals surface area contributed by atoms with Crippen LogP contribution in [0, 0.1) is 6.92 Å². The Bertz CT molecular complexity index is 567. The quantitative estimate of drug-likeness (QED) is 0.890. The Morgan fingerprint density at radius 1 is 1.25 bits per heavy atom. The predicted molar refractivity (Wildman–Crippen MR) is 82.5 cm³/mol. The number of nitrogens with zero attached hydrogens (tertiary/aromatic N) is 1. The summed E-state index contributed by atoms with van der Waals surface area (Å²) in [7, 11) is 0. The van der Waals surface area contributed by atoms with Crippen LogP contribution in [0.1, 0.15) is 25.1 Å². The van der Waals surface area contributed by atoms with Crippen LogP contribution in [0.3, 0.4) is 0 Å². The minimum absolute atomic E-state index is 0.416. The lowest BCUT2D eigenvalue weighted by Gasteiger charge is -2.14. The van der Waals surface area contributed by atoms with Gasteiger partial charge in [-0.15, -0.1) is 0 Å². The van der Waals surface area contributed by atoms with Crippen LogP contribution in [0.4, 0.5) is 0 Å². The Hall–Kier alpha value is -1.58. The number of hydrogen-bond donors (Lipinski definition) is 1. The van der Waals surface area contributed by atoms with Gasteiger partial charge in [0.1, 0.15) is 11.5 Å². The first-order valence-corrected chi connectivity index (χ1v) is 7.04. The Morgan fingerprint density at radius 3 is 2.70 bits per heavy atom. The summed E-state index contributed by atoms with van der Waals surface area (Å²) in [6.07, 6.45) is 1.72. The molecule has 0 fully saturated rings. The highest BCUT2D eigenvalue weighted by Gasteiger charge is 2.07. The van der Waals surface area contributed by atoms with E-state index in [4.69, 9.17) is 16.3 Å². The molecule has 3 nitrogen and oxygen atoms in total. The van der Waals surface area contributed by atoms with Crippen molar-refractivity contribution in [2.45, 2.75) is 33.4 Å². The number of rotatable bonds is 5. The van der Waals surface area contributed by atoms with Crippen LogP contribution >= 0.6 is 11.6 Å². The highest BCUT2D eigenvalue weighted by Crippen LogP contribution is 2.28. The summed E-state index contributed by atoms with van der Waals surface area (Å²) in [6.45, 7) is 6.91. The maximum atomic E-state index is 6.05. The molecular formula is C16H19ClN2O. The van der Waals surface area contributed by atoms with Crippen molar-refractivity contribution in [1.82, 2.24) is 10.3 Å². The third kappa shape index (κ3) is 4.22. The van der Waals surface area contributed by atoms with Crippen molar-refractivity contribution in [2.75, 3.05) is 0 Å². The average molecular weight is 291 g/mol. The van der Waals surface area contributed by atoms with Crippen molar-refractivity contribution in [3.05, 3.63) is 52.8 Å². The molecule has 0 atom stereocenters. The van der Waals surface area contributed by atoms with Gasteiger partial charge in [-0.1, -0.05) is 31.5 Å². The normalized spacial score (nSPS) is 10.8. The molecule has 0 aliphatic rings. The predicted octanol–water partition coefficient (Wildman–Crippen LogP) is 4.33. The first kappa shape index (κ1) is 14.8. The summed E-state index contributed by atoms with van der Waals surface area (Å²) in [5.74, 6) is 1.47. The molecule has 1 aromatic carbocycles. The van der Waals surface area contributed by atoms with Gasteiger partial charge in [0, 0.05) is 28.9 Å².